The van der Waals surface area contributed by atoms with Gasteiger partial charge in [-0.2, -0.15) is 0 Å². The predicted molar refractivity (Wildman–Crippen MR) is 68.8 cm³/mol. The molecule has 0 amide bonds. The highest BCUT2D eigenvalue weighted by molar-refractivity contribution is 5.15. The molecule has 4 heteroatoms. The average molecular weight is 246 g/mol. The van der Waals surface area contributed by atoms with E-state index in [4.69, 9.17) is 0 Å². The Morgan fingerprint density at radius 3 is 2.56 bits per heavy atom. The molecule has 0 spiro atoms. The van der Waals surface area contributed by atoms with Crippen molar-refractivity contribution >= 4 is 0 Å². The van der Waals surface area contributed by atoms with E-state index in [1.165, 1.54) is 18.4 Å². The van der Waals surface area contributed by atoms with E-state index in [1.807, 2.05) is 18.2 Å². The summed E-state index contributed by atoms with van der Waals surface area (Å²) in [5, 5.41) is 11.1. The van der Waals surface area contributed by atoms with E-state index in [-0.39, 0.29) is 17.0 Å². The minimum atomic E-state index is -0.346. The van der Waals surface area contributed by atoms with Gasteiger partial charge < -0.3 is 0 Å². The molecule has 0 unspecified atom stereocenters. The fraction of sp³-hybridized carbons (Fsp3) is 0.571. The summed E-state index contributed by atoms with van der Waals surface area (Å²) >= 11 is 0. The fourth-order valence-electron chi connectivity index (χ4n) is 3.14. The first-order valence-electron chi connectivity index (χ1n) is 6.67. The second kappa shape index (κ2) is 4.69. The summed E-state index contributed by atoms with van der Waals surface area (Å²) in [5.41, 5.74) is 1.26. The van der Waals surface area contributed by atoms with Crippen LogP contribution in [0.25, 0.3) is 0 Å². The van der Waals surface area contributed by atoms with Gasteiger partial charge in [0.05, 0.1) is 6.04 Å². The highest BCUT2D eigenvalue weighted by Gasteiger charge is 2.49. The van der Waals surface area contributed by atoms with Gasteiger partial charge in [0.2, 0.25) is 6.04 Å². The molecule has 2 aliphatic rings. The minimum absolute atomic E-state index is 0.0615. The number of benzene rings is 1. The summed E-state index contributed by atoms with van der Waals surface area (Å²) in [5.74, 6) is 0.562. The summed E-state index contributed by atoms with van der Waals surface area (Å²) in [7, 11) is 0. The second-order valence-electron chi connectivity index (χ2n) is 5.43. The Hall–Kier alpha value is -1.42. The minimum Gasteiger partial charge on any atom is -0.289 e. The van der Waals surface area contributed by atoms with E-state index in [0.29, 0.717) is 12.3 Å². The van der Waals surface area contributed by atoms with Crippen LogP contribution in [0, 0.1) is 16.0 Å². The average Bonchev–Trinajstić information content (AvgIpc) is 3.12. The first-order valence-corrected chi connectivity index (χ1v) is 6.67. The molecule has 1 saturated carbocycles. The zero-order chi connectivity index (χ0) is 12.5. The standard InChI is InChI=1S/C14H18N2O2/c17-16(18)13-8-9-15(14(13)12-6-7-12)10-11-4-2-1-3-5-11/h1-5,12-14H,6-10H2/t13-,14+/m0/s1. The van der Waals surface area contributed by atoms with Crippen molar-refractivity contribution in [3.05, 3.63) is 46.0 Å². The van der Waals surface area contributed by atoms with Crippen LogP contribution in [-0.4, -0.2) is 28.5 Å². The highest BCUT2D eigenvalue weighted by atomic mass is 16.6. The molecule has 4 nitrogen and oxygen atoms in total. The topological polar surface area (TPSA) is 46.4 Å². The SMILES string of the molecule is O=[N+]([O-])[C@H]1CCN(Cc2ccccc2)[C@@H]1C1CC1. The lowest BCUT2D eigenvalue weighted by atomic mass is 10.0. The molecule has 0 bridgehead atoms. The lowest BCUT2D eigenvalue weighted by Gasteiger charge is -2.24. The molecule has 96 valence electrons. The third-order valence-corrected chi connectivity index (χ3v) is 4.13. The first-order chi connectivity index (χ1) is 8.75. The van der Waals surface area contributed by atoms with Gasteiger partial charge in [-0.3, -0.25) is 15.0 Å². The maximum absolute atomic E-state index is 11.1. The molecular weight excluding hydrogens is 228 g/mol. The van der Waals surface area contributed by atoms with E-state index < -0.39 is 0 Å². The van der Waals surface area contributed by atoms with Crippen molar-refractivity contribution in [1.82, 2.24) is 4.90 Å². The third kappa shape index (κ3) is 2.25. The molecule has 2 fully saturated rings. The van der Waals surface area contributed by atoms with Gasteiger partial charge in [0, 0.05) is 24.4 Å². The first kappa shape index (κ1) is 11.7. The molecule has 1 heterocycles. The van der Waals surface area contributed by atoms with Crippen molar-refractivity contribution in [2.75, 3.05) is 6.54 Å². The molecule has 1 aromatic carbocycles. The molecule has 2 atom stereocenters. The molecule has 1 saturated heterocycles. The Morgan fingerprint density at radius 2 is 1.94 bits per heavy atom. The summed E-state index contributed by atoms with van der Waals surface area (Å²) < 4.78 is 0. The lowest BCUT2D eigenvalue weighted by Crippen LogP contribution is -2.40. The highest BCUT2D eigenvalue weighted by Crippen LogP contribution is 2.41. The molecular formula is C14H18N2O2. The van der Waals surface area contributed by atoms with E-state index in [2.05, 4.69) is 17.0 Å². The van der Waals surface area contributed by atoms with E-state index in [0.717, 1.165) is 13.1 Å². The Labute approximate surface area is 107 Å². The van der Waals surface area contributed by atoms with Crippen molar-refractivity contribution in [2.45, 2.75) is 37.9 Å². The van der Waals surface area contributed by atoms with Gasteiger partial charge in [0.1, 0.15) is 0 Å². The van der Waals surface area contributed by atoms with Gasteiger partial charge in [0.25, 0.3) is 0 Å². The van der Waals surface area contributed by atoms with Gasteiger partial charge in [-0.05, 0) is 24.3 Å². The molecule has 1 aliphatic heterocycles. The molecule has 1 aliphatic carbocycles. The van der Waals surface area contributed by atoms with Crippen molar-refractivity contribution in [3.63, 3.8) is 0 Å². The third-order valence-electron chi connectivity index (χ3n) is 4.13. The Morgan fingerprint density at radius 1 is 1.22 bits per heavy atom. The number of nitrogens with zero attached hydrogens (tertiary/aromatic N) is 2. The van der Waals surface area contributed by atoms with E-state index in [1.54, 1.807) is 0 Å². The zero-order valence-corrected chi connectivity index (χ0v) is 10.4. The predicted octanol–water partition coefficient (Wildman–Crippen LogP) is 2.32. The Kier molecular flexibility index (Phi) is 3.04. The number of likely N-dealkylation sites (tertiary alicyclic amines) is 1. The molecule has 1 aromatic rings. The largest absolute Gasteiger partial charge is 0.289 e. The van der Waals surface area contributed by atoms with E-state index in [9.17, 15) is 10.1 Å². The van der Waals surface area contributed by atoms with Crippen molar-refractivity contribution < 1.29 is 4.92 Å². The maximum atomic E-state index is 11.1. The van der Waals surface area contributed by atoms with Crippen molar-refractivity contribution in [1.29, 1.82) is 0 Å². The number of hydrogen-bond acceptors (Lipinski definition) is 3. The van der Waals surface area contributed by atoms with Crippen molar-refractivity contribution in [2.24, 2.45) is 5.92 Å². The summed E-state index contributed by atoms with van der Waals surface area (Å²) in [4.78, 5) is 13.4. The van der Waals surface area contributed by atoms with Crippen LogP contribution in [-0.2, 0) is 6.54 Å². The van der Waals surface area contributed by atoms with Crippen LogP contribution in [0.5, 0.6) is 0 Å². The number of rotatable bonds is 4. The molecule has 0 aromatic heterocycles. The molecule has 0 radical (unpaired) electrons. The van der Waals surface area contributed by atoms with Crippen LogP contribution in [0.15, 0.2) is 30.3 Å². The zero-order valence-electron chi connectivity index (χ0n) is 10.4. The van der Waals surface area contributed by atoms with Gasteiger partial charge in [0.15, 0.2) is 0 Å². The van der Waals surface area contributed by atoms with Crippen LogP contribution in [0.3, 0.4) is 0 Å². The summed E-state index contributed by atoms with van der Waals surface area (Å²) in [6.07, 6.45) is 3.04. The Bertz CT molecular complexity index is 431. The van der Waals surface area contributed by atoms with Gasteiger partial charge in [-0.1, -0.05) is 30.3 Å². The smallest absolute Gasteiger partial charge is 0.229 e. The lowest BCUT2D eigenvalue weighted by molar-refractivity contribution is -0.525. The van der Waals surface area contributed by atoms with Gasteiger partial charge in [-0.15, -0.1) is 0 Å². The fourth-order valence-corrected chi connectivity index (χ4v) is 3.14. The quantitative estimate of drug-likeness (QED) is 0.605. The van der Waals surface area contributed by atoms with Crippen LogP contribution >= 0.6 is 0 Å². The van der Waals surface area contributed by atoms with Gasteiger partial charge >= 0.3 is 0 Å². The molecule has 3 rings (SSSR count). The van der Waals surface area contributed by atoms with Crippen LogP contribution in [0.1, 0.15) is 24.8 Å². The maximum Gasteiger partial charge on any atom is 0.229 e. The van der Waals surface area contributed by atoms with Crippen LogP contribution in [0.4, 0.5) is 0 Å². The summed E-state index contributed by atoms with van der Waals surface area (Å²) in [6, 6.07) is 10.1. The Balaban J connectivity index is 1.74. The molecule has 18 heavy (non-hydrogen) atoms. The van der Waals surface area contributed by atoms with Gasteiger partial charge in [-0.25, -0.2) is 0 Å². The second-order valence-corrected chi connectivity index (χ2v) is 5.43. The molecule has 0 N–H and O–H groups in total. The van der Waals surface area contributed by atoms with Crippen LogP contribution < -0.4 is 0 Å². The number of nitro groups is 1. The van der Waals surface area contributed by atoms with Crippen LogP contribution in [0.2, 0.25) is 0 Å². The monoisotopic (exact) mass is 246 g/mol. The number of hydrogen-bond donors (Lipinski definition) is 0. The normalized spacial score (nSPS) is 28.4. The summed E-state index contributed by atoms with van der Waals surface area (Å²) in [6.45, 7) is 1.72. The van der Waals surface area contributed by atoms with Crippen molar-refractivity contribution in [3.8, 4) is 0 Å². The van der Waals surface area contributed by atoms with E-state index >= 15 is 0 Å².